The van der Waals surface area contributed by atoms with Crippen molar-refractivity contribution in [2.75, 3.05) is 39.6 Å². The van der Waals surface area contributed by atoms with E-state index in [-0.39, 0.29) is 0 Å². The fourth-order valence-electron chi connectivity index (χ4n) is 3.21. The van der Waals surface area contributed by atoms with E-state index in [0.29, 0.717) is 39.6 Å². The molecule has 0 amide bonds. The van der Waals surface area contributed by atoms with E-state index < -0.39 is 25.7 Å². The van der Waals surface area contributed by atoms with E-state index in [9.17, 15) is 0 Å². The lowest BCUT2D eigenvalue weighted by atomic mass is 10.9. The molecule has 0 aliphatic rings. The summed E-state index contributed by atoms with van der Waals surface area (Å²) in [7, 11) is -7.04. The second-order valence-electron chi connectivity index (χ2n) is 6.82. The Balaban J connectivity index is 5.22. The fraction of sp³-hybridized carbons (Fsp3) is 0.895. The van der Waals surface area contributed by atoms with Crippen LogP contribution in [-0.4, -0.2) is 65.3 Å². The van der Waals surface area contributed by atoms with Crippen LogP contribution in [0.25, 0.3) is 0 Å². The van der Waals surface area contributed by atoms with Crippen LogP contribution in [0, 0.1) is 0 Å². The minimum atomic E-state index is -2.64. The van der Waals surface area contributed by atoms with Crippen molar-refractivity contribution in [1.29, 1.82) is 0 Å². The monoisotopic (exact) mass is 452 g/mol. The summed E-state index contributed by atoms with van der Waals surface area (Å²) in [5.74, 6) is 0. The predicted octanol–water partition coefficient (Wildman–Crippen LogP) is 4.89. The molecular formula is C19H44O6Si3. The van der Waals surface area contributed by atoms with Gasteiger partial charge in [-0.15, -0.1) is 12.3 Å². The van der Waals surface area contributed by atoms with Gasteiger partial charge in [-0.1, -0.05) is 6.55 Å². The Bertz CT molecular complexity index is 347. The third-order valence-corrected chi connectivity index (χ3v) is 15.5. The highest BCUT2D eigenvalue weighted by molar-refractivity contribution is 6.85. The fourth-order valence-corrected chi connectivity index (χ4v) is 14.9. The summed E-state index contributed by atoms with van der Waals surface area (Å²) in [4.78, 5) is 0. The number of hydrogen-bond donors (Lipinski definition) is 0. The summed E-state index contributed by atoms with van der Waals surface area (Å²) in [5, 5.41) is 0. The summed E-state index contributed by atoms with van der Waals surface area (Å²) in [6, 6.07) is 3.67. The van der Waals surface area contributed by atoms with Crippen LogP contribution in [0.5, 0.6) is 0 Å². The van der Waals surface area contributed by atoms with E-state index in [2.05, 4.69) is 18.8 Å². The van der Waals surface area contributed by atoms with Gasteiger partial charge in [0, 0.05) is 51.7 Å². The van der Waals surface area contributed by atoms with Crippen molar-refractivity contribution < 1.29 is 26.6 Å². The van der Waals surface area contributed by atoms with Crippen molar-refractivity contribution in [2.24, 2.45) is 0 Å². The summed E-state index contributed by atoms with van der Waals surface area (Å²) in [6.07, 6.45) is 0. The maximum atomic E-state index is 6.03. The quantitative estimate of drug-likeness (QED) is 0.260. The van der Waals surface area contributed by atoms with Crippen molar-refractivity contribution >= 4 is 25.7 Å². The highest BCUT2D eigenvalue weighted by atomic mass is 28.4. The lowest BCUT2D eigenvalue weighted by molar-refractivity contribution is 0.0722. The molecule has 0 radical (unpaired) electrons. The Kier molecular flexibility index (Phi) is 15.1. The van der Waals surface area contributed by atoms with Crippen molar-refractivity contribution in [1.82, 2.24) is 0 Å². The third kappa shape index (κ3) is 9.77. The summed E-state index contributed by atoms with van der Waals surface area (Å²) in [5.41, 5.74) is 2.17. The molecule has 168 valence electrons. The second-order valence-corrected chi connectivity index (χ2v) is 17.0. The minimum Gasteiger partial charge on any atom is -0.374 e. The van der Waals surface area contributed by atoms with E-state index in [1.54, 1.807) is 0 Å². The molecular weight excluding hydrogens is 408 g/mol. The molecule has 0 spiro atoms. The highest BCUT2D eigenvalue weighted by Gasteiger charge is 2.45. The van der Waals surface area contributed by atoms with E-state index in [4.69, 9.17) is 26.6 Å². The zero-order chi connectivity index (χ0) is 21.5. The van der Waals surface area contributed by atoms with Crippen molar-refractivity contribution in [3.8, 4) is 0 Å². The largest absolute Gasteiger partial charge is 0.500 e. The molecule has 9 heteroatoms. The van der Waals surface area contributed by atoms with Gasteiger partial charge in [-0.25, -0.2) is 0 Å². The Hall–Kier alpha value is 0.151. The Labute approximate surface area is 176 Å². The van der Waals surface area contributed by atoms with Gasteiger partial charge in [-0.05, 0) is 53.6 Å². The number of rotatable bonds is 19. The molecule has 0 aromatic rings. The molecule has 0 heterocycles. The first-order chi connectivity index (χ1) is 13.3. The molecule has 6 nitrogen and oxygen atoms in total. The summed E-state index contributed by atoms with van der Waals surface area (Å²) in [6.45, 7) is 22.1. The molecule has 0 unspecified atom stereocenters. The maximum Gasteiger partial charge on any atom is 0.500 e. The lowest BCUT2D eigenvalue weighted by Crippen LogP contribution is -2.49. The smallest absolute Gasteiger partial charge is 0.374 e. The standard InChI is InChI=1S/C19H44O6Si3/c1-9-20-27(21-10-2,22-11-3)18-16-26(8,15-7)17-19-28(23-12-4,24-13-5)25-14-6/h15H,7,9-14,16-19H2,1-6,8H3. The van der Waals surface area contributed by atoms with Crippen LogP contribution < -0.4 is 0 Å². The SMILES string of the molecule is C=C[Si](C)(CC[Si](OCC)(OCC)OCC)CC[Si](OCC)(OCC)OCC. The molecule has 0 fully saturated rings. The van der Waals surface area contributed by atoms with Gasteiger partial charge in [0.05, 0.1) is 8.07 Å². The van der Waals surface area contributed by atoms with Gasteiger partial charge >= 0.3 is 17.6 Å². The molecule has 0 bridgehead atoms. The molecule has 0 N–H and O–H groups in total. The summed E-state index contributed by atoms with van der Waals surface area (Å²) >= 11 is 0. The van der Waals surface area contributed by atoms with Crippen LogP contribution in [0.2, 0.25) is 30.7 Å². The minimum absolute atomic E-state index is 0.605. The first-order valence-corrected chi connectivity index (χ1v) is 17.7. The second kappa shape index (κ2) is 15.0. The molecule has 0 aromatic heterocycles. The van der Waals surface area contributed by atoms with Crippen molar-refractivity contribution in [2.45, 2.75) is 72.3 Å². The molecule has 0 atom stereocenters. The van der Waals surface area contributed by atoms with E-state index >= 15 is 0 Å². The molecule has 0 rings (SSSR count). The zero-order valence-electron chi connectivity index (χ0n) is 19.3. The van der Waals surface area contributed by atoms with E-state index in [1.807, 2.05) is 41.5 Å². The molecule has 28 heavy (non-hydrogen) atoms. The topological polar surface area (TPSA) is 55.4 Å². The summed E-state index contributed by atoms with van der Waals surface area (Å²) < 4.78 is 36.2. The predicted molar refractivity (Wildman–Crippen MR) is 122 cm³/mol. The first kappa shape index (κ1) is 28.2. The molecule has 0 saturated heterocycles. The van der Waals surface area contributed by atoms with Crippen LogP contribution in [-0.2, 0) is 26.6 Å². The third-order valence-electron chi connectivity index (χ3n) is 4.68. The van der Waals surface area contributed by atoms with Crippen molar-refractivity contribution in [3.05, 3.63) is 12.3 Å². The Morgan fingerprint density at radius 2 is 0.786 bits per heavy atom. The van der Waals surface area contributed by atoms with E-state index in [0.717, 1.165) is 24.2 Å². The maximum absolute atomic E-state index is 6.03. The Morgan fingerprint density at radius 3 is 0.964 bits per heavy atom. The first-order valence-electron chi connectivity index (χ1n) is 10.8. The van der Waals surface area contributed by atoms with Gasteiger partial charge in [0.2, 0.25) is 0 Å². The van der Waals surface area contributed by atoms with Gasteiger partial charge < -0.3 is 26.6 Å². The van der Waals surface area contributed by atoms with Crippen molar-refractivity contribution in [3.63, 3.8) is 0 Å². The van der Waals surface area contributed by atoms with Crippen LogP contribution in [0.1, 0.15) is 41.5 Å². The average Bonchev–Trinajstić information content (AvgIpc) is 2.66. The number of hydrogen-bond acceptors (Lipinski definition) is 6. The molecule has 0 aliphatic heterocycles. The van der Waals surface area contributed by atoms with Crippen LogP contribution in [0.4, 0.5) is 0 Å². The van der Waals surface area contributed by atoms with Gasteiger partial charge in [0.1, 0.15) is 0 Å². The average molecular weight is 453 g/mol. The molecule has 0 aromatic carbocycles. The van der Waals surface area contributed by atoms with Gasteiger partial charge in [0.15, 0.2) is 0 Å². The van der Waals surface area contributed by atoms with Crippen LogP contribution >= 0.6 is 0 Å². The van der Waals surface area contributed by atoms with Crippen LogP contribution in [0.3, 0.4) is 0 Å². The highest BCUT2D eigenvalue weighted by Crippen LogP contribution is 2.31. The zero-order valence-corrected chi connectivity index (χ0v) is 22.3. The normalized spacial score (nSPS) is 13.1. The van der Waals surface area contributed by atoms with Gasteiger partial charge in [-0.2, -0.15) is 0 Å². The van der Waals surface area contributed by atoms with Gasteiger partial charge in [0.25, 0.3) is 0 Å². The van der Waals surface area contributed by atoms with E-state index in [1.165, 1.54) is 0 Å². The van der Waals surface area contributed by atoms with Crippen LogP contribution in [0.15, 0.2) is 12.3 Å². The Morgan fingerprint density at radius 1 is 0.536 bits per heavy atom. The molecule has 0 saturated carbocycles. The lowest BCUT2D eigenvalue weighted by Gasteiger charge is -2.34. The van der Waals surface area contributed by atoms with Gasteiger partial charge in [-0.3, -0.25) is 0 Å². The molecule has 0 aliphatic carbocycles.